The van der Waals surface area contributed by atoms with E-state index < -0.39 is 0 Å². The van der Waals surface area contributed by atoms with E-state index in [2.05, 4.69) is 45.2 Å². The van der Waals surface area contributed by atoms with E-state index in [4.69, 9.17) is 9.84 Å². The molecule has 4 rings (SSSR count). The van der Waals surface area contributed by atoms with Crippen LogP contribution in [0.5, 0.6) is 5.75 Å². The van der Waals surface area contributed by atoms with Gasteiger partial charge in [0, 0.05) is 15.8 Å². The minimum Gasteiger partial charge on any atom is -0.494 e. The first-order valence-electron chi connectivity index (χ1n) is 8.90. The number of hydrogen-bond donors (Lipinski definition) is 0. The van der Waals surface area contributed by atoms with Crippen LogP contribution in [0.1, 0.15) is 25.3 Å². The molecule has 0 unspecified atom stereocenters. The second-order valence-corrected chi connectivity index (χ2v) is 8.04. The standard InChI is InChI=1S/C20H19BrN4OS/c1-2-3-12-26-17-10-6-15(7-11-17)19-22-23-20-25(19)24-18(13-27-20)14-4-8-16(21)9-5-14/h4-11H,2-3,12-13H2,1H3. The average molecular weight is 443 g/mol. The maximum atomic E-state index is 5.74. The fraction of sp³-hybridized carbons (Fsp3) is 0.250. The fourth-order valence-corrected chi connectivity index (χ4v) is 3.83. The molecule has 3 aromatic rings. The summed E-state index contributed by atoms with van der Waals surface area (Å²) in [4.78, 5) is 0. The zero-order valence-electron chi connectivity index (χ0n) is 14.9. The number of thioether (sulfide) groups is 1. The maximum absolute atomic E-state index is 5.74. The summed E-state index contributed by atoms with van der Waals surface area (Å²) in [5.41, 5.74) is 3.09. The lowest BCUT2D eigenvalue weighted by atomic mass is 10.1. The monoisotopic (exact) mass is 442 g/mol. The number of hydrogen-bond acceptors (Lipinski definition) is 5. The van der Waals surface area contributed by atoms with Crippen LogP contribution in [0.15, 0.2) is 63.3 Å². The SMILES string of the molecule is CCCCOc1ccc(-c2nnc3n2N=C(c2ccc(Br)cc2)CS3)cc1. The normalized spacial score (nSPS) is 13.2. The molecule has 0 atom stereocenters. The first kappa shape index (κ1) is 18.3. The Morgan fingerprint density at radius 3 is 2.52 bits per heavy atom. The van der Waals surface area contributed by atoms with Gasteiger partial charge in [0.25, 0.3) is 0 Å². The Hall–Kier alpha value is -2.12. The first-order chi connectivity index (χ1) is 13.2. The van der Waals surface area contributed by atoms with E-state index in [0.29, 0.717) is 0 Å². The van der Waals surface area contributed by atoms with Crippen molar-refractivity contribution in [2.75, 3.05) is 12.4 Å². The molecule has 1 aromatic heterocycles. The van der Waals surface area contributed by atoms with Gasteiger partial charge >= 0.3 is 0 Å². The predicted molar refractivity (Wildman–Crippen MR) is 113 cm³/mol. The number of rotatable bonds is 6. The second-order valence-electron chi connectivity index (χ2n) is 6.19. The number of halogens is 1. The van der Waals surface area contributed by atoms with Crippen LogP contribution in [0.2, 0.25) is 0 Å². The van der Waals surface area contributed by atoms with E-state index in [1.54, 1.807) is 11.8 Å². The molecule has 0 aliphatic carbocycles. The molecule has 5 nitrogen and oxygen atoms in total. The number of unbranched alkanes of at least 4 members (excludes halogenated alkanes) is 1. The van der Waals surface area contributed by atoms with E-state index in [0.717, 1.165) is 63.2 Å². The third-order valence-electron chi connectivity index (χ3n) is 4.23. The second kappa shape index (κ2) is 8.27. The Morgan fingerprint density at radius 2 is 1.78 bits per heavy atom. The van der Waals surface area contributed by atoms with Gasteiger partial charge < -0.3 is 4.74 Å². The van der Waals surface area contributed by atoms with Gasteiger partial charge in [0.1, 0.15) is 5.75 Å². The summed E-state index contributed by atoms with van der Waals surface area (Å²) in [5, 5.41) is 14.3. The summed E-state index contributed by atoms with van der Waals surface area (Å²) in [5.74, 6) is 2.40. The van der Waals surface area contributed by atoms with Gasteiger partial charge in [0.05, 0.1) is 12.3 Å². The van der Waals surface area contributed by atoms with Crippen molar-refractivity contribution < 1.29 is 4.74 Å². The number of nitrogens with zero attached hydrogens (tertiary/aromatic N) is 4. The highest BCUT2D eigenvalue weighted by atomic mass is 79.9. The Morgan fingerprint density at radius 1 is 1.04 bits per heavy atom. The van der Waals surface area contributed by atoms with Crippen LogP contribution < -0.4 is 4.74 Å². The van der Waals surface area contributed by atoms with Gasteiger partial charge in [-0.3, -0.25) is 0 Å². The summed E-state index contributed by atoms with van der Waals surface area (Å²) < 4.78 is 8.63. The van der Waals surface area contributed by atoms with Gasteiger partial charge in [-0.2, -0.15) is 9.78 Å². The number of aromatic nitrogens is 3. The van der Waals surface area contributed by atoms with Crippen LogP contribution in [0.3, 0.4) is 0 Å². The van der Waals surface area contributed by atoms with Crippen molar-refractivity contribution in [1.82, 2.24) is 14.9 Å². The molecule has 2 aromatic carbocycles. The lowest BCUT2D eigenvalue weighted by Crippen LogP contribution is -2.13. The Labute approximate surface area is 171 Å². The minimum atomic E-state index is 0.743. The van der Waals surface area contributed by atoms with Crippen LogP contribution in [-0.2, 0) is 0 Å². The van der Waals surface area contributed by atoms with Crippen molar-refractivity contribution in [2.45, 2.75) is 24.9 Å². The molecule has 1 aliphatic rings. The van der Waals surface area contributed by atoms with Crippen molar-refractivity contribution in [3.63, 3.8) is 0 Å². The first-order valence-corrected chi connectivity index (χ1v) is 10.7. The molecule has 0 saturated carbocycles. The third kappa shape index (κ3) is 4.09. The van der Waals surface area contributed by atoms with Gasteiger partial charge in [-0.25, -0.2) is 0 Å². The predicted octanol–water partition coefficient (Wildman–Crippen LogP) is 5.24. The molecule has 7 heteroatoms. The molecule has 0 N–H and O–H groups in total. The van der Waals surface area contributed by atoms with Crippen molar-refractivity contribution >= 4 is 33.4 Å². The van der Waals surface area contributed by atoms with Crippen LogP contribution in [0.25, 0.3) is 11.4 Å². The van der Waals surface area contributed by atoms with E-state index >= 15 is 0 Å². The lowest BCUT2D eigenvalue weighted by molar-refractivity contribution is 0.309. The molecule has 0 spiro atoms. The zero-order chi connectivity index (χ0) is 18.6. The van der Waals surface area contributed by atoms with Crippen LogP contribution >= 0.6 is 27.7 Å². The quantitative estimate of drug-likeness (QED) is 0.489. The van der Waals surface area contributed by atoms with Crippen molar-refractivity contribution in [3.05, 3.63) is 58.6 Å². The third-order valence-corrected chi connectivity index (χ3v) is 5.69. The Bertz CT molecular complexity index is 951. The molecular formula is C20H19BrN4OS. The zero-order valence-corrected chi connectivity index (χ0v) is 17.3. The molecule has 0 amide bonds. The van der Waals surface area contributed by atoms with E-state index in [-0.39, 0.29) is 0 Å². The van der Waals surface area contributed by atoms with Crippen LogP contribution in [0.4, 0.5) is 0 Å². The summed E-state index contributed by atoms with van der Waals surface area (Å²) in [7, 11) is 0. The number of fused-ring (bicyclic) bond motifs is 1. The van der Waals surface area contributed by atoms with Gasteiger partial charge in [-0.15, -0.1) is 10.2 Å². The van der Waals surface area contributed by atoms with Gasteiger partial charge in [0.15, 0.2) is 5.82 Å². The molecule has 1 aliphatic heterocycles. The van der Waals surface area contributed by atoms with E-state index in [1.165, 1.54) is 0 Å². The topological polar surface area (TPSA) is 52.3 Å². The average Bonchev–Trinajstić information content (AvgIpc) is 3.12. The molecule has 0 bridgehead atoms. The highest BCUT2D eigenvalue weighted by Crippen LogP contribution is 2.29. The van der Waals surface area contributed by atoms with Gasteiger partial charge in [-0.1, -0.05) is 53.2 Å². The minimum absolute atomic E-state index is 0.743. The van der Waals surface area contributed by atoms with Crippen molar-refractivity contribution in [1.29, 1.82) is 0 Å². The Kier molecular flexibility index (Phi) is 5.59. The summed E-state index contributed by atoms with van der Waals surface area (Å²) in [6.07, 6.45) is 2.19. The highest BCUT2D eigenvalue weighted by molar-refractivity contribution is 9.10. The van der Waals surface area contributed by atoms with Crippen molar-refractivity contribution in [2.24, 2.45) is 5.10 Å². The van der Waals surface area contributed by atoms with Crippen LogP contribution in [-0.4, -0.2) is 32.9 Å². The van der Waals surface area contributed by atoms with Gasteiger partial charge in [-0.05, 0) is 48.4 Å². The molecule has 27 heavy (non-hydrogen) atoms. The largest absolute Gasteiger partial charge is 0.494 e. The fourth-order valence-electron chi connectivity index (χ4n) is 2.73. The summed E-state index contributed by atoms with van der Waals surface area (Å²) in [6, 6.07) is 16.2. The Balaban J connectivity index is 1.60. The maximum Gasteiger partial charge on any atom is 0.212 e. The summed E-state index contributed by atoms with van der Waals surface area (Å²) in [6.45, 7) is 2.90. The van der Waals surface area contributed by atoms with Crippen LogP contribution in [0, 0.1) is 0 Å². The number of benzene rings is 2. The van der Waals surface area contributed by atoms with Crippen molar-refractivity contribution in [3.8, 4) is 17.1 Å². The summed E-state index contributed by atoms with van der Waals surface area (Å²) >= 11 is 5.13. The molecule has 138 valence electrons. The highest BCUT2D eigenvalue weighted by Gasteiger charge is 2.20. The number of ether oxygens (including phenoxy) is 1. The molecule has 0 radical (unpaired) electrons. The molecule has 0 saturated heterocycles. The molecule has 2 heterocycles. The van der Waals surface area contributed by atoms with E-state index in [1.807, 2.05) is 41.1 Å². The smallest absolute Gasteiger partial charge is 0.212 e. The van der Waals surface area contributed by atoms with E-state index in [9.17, 15) is 0 Å². The van der Waals surface area contributed by atoms with Gasteiger partial charge in [0.2, 0.25) is 5.16 Å². The lowest BCUT2D eigenvalue weighted by Gasteiger charge is -2.14. The molecule has 0 fully saturated rings. The molecular weight excluding hydrogens is 424 g/mol.